The minimum Gasteiger partial charge on any atom is -0.340 e. The van der Waals surface area contributed by atoms with Crippen molar-refractivity contribution in [1.29, 1.82) is 0 Å². The molecule has 0 aliphatic carbocycles. The molecular formula is C18H15N3O. The van der Waals surface area contributed by atoms with Gasteiger partial charge in [0, 0.05) is 18.6 Å². The molecule has 2 heterocycles. The summed E-state index contributed by atoms with van der Waals surface area (Å²) in [7, 11) is 0. The molecule has 2 aromatic heterocycles. The third kappa shape index (κ3) is 3.17. The van der Waals surface area contributed by atoms with E-state index in [1.807, 2.05) is 42.5 Å². The number of amides is 1. The molecule has 108 valence electrons. The van der Waals surface area contributed by atoms with Crippen molar-refractivity contribution in [2.75, 3.05) is 0 Å². The molecule has 0 fully saturated rings. The lowest BCUT2D eigenvalue weighted by atomic mass is 9.99. The molecule has 0 bridgehead atoms. The van der Waals surface area contributed by atoms with Crippen molar-refractivity contribution in [3.05, 3.63) is 96.1 Å². The average Bonchev–Trinajstić information content (AvgIpc) is 2.62. The zero-order chi connectivity index (χ0) is 15.2. The molecule has 1 atom stereocenters. The minimum atomic E-state index is -0.237. The molecule has 0 saturated heterocycles. The number of aromatic nitrogens is 2. The highest BCUT2D eigenvalue weighted by Gasteiger charge is 2.18. The van der Waals surface area contributed by atoms with Crippen LogP contribution in [0.25, 0.3) is 0 Å². The van der Waals surface area contributed by atoms with Crippen LogP contribution in [0.1, 0.15) is 27.7 Å². The zero-order valence-corrected chi connectivity index (χ0v) is 11.9. The smallest absolute Gasteiger partial charge is 0.270 e. The first-order valence-corrected chi connectivity index (χ1v) is 7.01. The third-order valence-corrected chi connectivity index (χ3v) is 3.35. The van der Waals surface area contributed by atoms with E-state index in [9.17, 15) is 4.79 Å². The molecule has 4 nitrogen and oxygen atoms in total. The molecular weight excluding hydrogens is 274 g/mol. The fourth-order valence-corrected chi connectivity index (χ4v) is 2.26. The summed E-state index contributed by atoms with van der Waals surface area (Å²) in [5.74, 6) is -0.203. The largest absolute Gasteiger partial charge is 0.340 e. The van der Waals surface area contributed by atoms with E-state index in [0.29, 0.717) is 5.69 Å². The lowest BCUT2D eigenvalue weighted by molar-refractivity contribution is 0.0938. The van der Waals surface area contributed by atoms with E-state index in [4.69, 9.17) is 0 Å². The van der Waals surface area contributed by atoms with Crippen molar-refractivity contribution in [2.24, 2.45) is 0 Å². The number of nitrogens with zero attached hydrogens (tertiary/aromatic N) is 2. The predicted molar refractivity (Wildman–Crippen MR) is 84.2 cm³/mol. The third-order valence-electron chi connectivity index (χ3n) is 3.35. The van der Waals surface area contributed by atoms with Crippen LogP contribution in [0.15, 0.2) is 79.3 Å². The van der Waals surface area contributed by atoms with Crippen molar-refractivity contribution in [1.82, 2.24) is 15.3 Å². The molecule has 1 amide bonds. The minimum absolute atomic E-state index is 0.203. The molecule has 0 radical (unpaired) electrons. The van der Waals surface area contributed by atoms with Gasteiger partial charge in [-0.3, -0.25) is 14.8 Å². The van der Waals surface area contributed by atoms with E-state index < -0.39 is 0 Å². The Morgan fingerprint density at radius 2 is 1.50 bits per heavy atom. The van der Waals surface area contributed by atoms with Gasteiger partial charge in [0.2, 0.25) is 0 Å². The van der Waals surface area contributed by atoms with Crippen molar-refractivity contribution in [3.63, 3.8) is 0 Å². The van der Waals surface area contributed by atoms with Crippen LogP contribution in [-0.2, 0) is 0 Å². The van der Waals surface area contributed by atoms with Crippen LogP contribution in [0, 0.1) is 0 Å². The van der Waals surface area contributed by atoms with Gasteiger partial charge in [0.25, 0.3) is 5.91 Å². The summed E-state index contributed by atoms with van der Waals surface area (Å²) < 4.78 is 0. The summed E-state index contributed by atoms with van der Waals surface area (Å²) in [6, 6.07) is 18.7. The number of nitrogens with one attached hydrogen (secondary N) is 1. The second-order valence-electron chi connectivity index (χ2n) is 4.81. The molecule has 4 heteroatoms. The normalized spacial score (nSPS) is 11.6. The predicted octanol–water partition coefficient (Wildman–Crippen LogP) is 3.00. The summed E-state index contributed by atoms with van der Waals surface area (Å²) >= 11 is 0. The number of benzene rings is 1. The van der Waals surface area contributed by atoms with Gasteiger partial charge in [-0.25, -0.2) is 0 Å². The molecule has 0 unspecified atom stereocenters. The van der Waals surface area contributed by atoms with Gasteiger partial charge in [0.15, 0.2) is 0 Å². The van der Waals surface area contributed by atoms with E-state index in [2.05, 4.69) is 15.3 Å². The molecule has 22 heavy (non-hydrogen) atoms. The Balaban J connectivity index is 1.91. The van der Waals surface area contributed by atoms with Gasteiger partial charge in [-0.1, -0.05) is 36.4 Å². The van der Waals surface area contributed by atoms with E-state index in [1.165, 1.54) is 0 Å². The van der Waals surface area contributed by atoms with Crippen molar-refractivity contribution in [3.8, 4) is 0 Å². The van der Waals surface area contributed by atoms with Crippen molar-refractivity contribution < 1.29 is 4.79 Å². The standard InChI is InChI=1S/C18H15N3O/c22-18(16-8-4-5-11-20-16)21-17(14-6-2-1-3-7-14)15-9-12-19-13-10-15/h1-13,17H,(H,21,22)/t17-/m0/s1. The van der Waals surface area contributed by atoms with Crippen molar-refractivity contribution in [2.45, 2.75) is 6.04 Å². The first-order valence-electron chi connectivity index (χ1n) is 7.01. The van der Waals surface area contributed by atoms with E-state index in [0.717, 1.165) is 11.1 Å². The van der Waals surface area contributed by atoms with Gasteiger partial charge in [-0.15, -0.1) is 0 Å². The maximum Gasteiger partial charge on any atom is 0.270 e. The number of hydrogen-bond acceptors (Lipinski definition) is 3. The van der Waals surface area contributed by atoms with E-state index in [-0.39, 0.29) is 11.9 Å². The maximum atomic E-state index is 12.4. The van der Waals surface area contributed by atoms with Crippen LogP contribution in [0.4, 0.5) is 0 Å². The Hall–Kier alpha value is -3.01. The molecule has 0 spiro atoms. The van der Waals surface area contributed by atoms with Gasteiger partial charge in [-0.2, -0.15) is 0 Å². The molecule has 0 aliphatic heterocycles. The van der Waals surface area contributed by atoms with E-state index in [1.54, 1.807) is 36.8 Å². The van der Waals surface area contributed by atoms with Crippen LogP contribution >= 0.6 is 0 Å². The fraction of sp³-hybridized carbons (Fsp3) is 0.0556. The highest BCUT2D eigenvalue weighted by Crippen LogP contribution is 2.21. The van der Waals surface area contributed by atoms with Crippen LogP contribution < -0.4 is 5.32 Å². The molecule has 1 aromatic carbocycles. The summed E-state index contributed by atoms with van der Waals surface area (Å²) in [5.41, 5.74) is 2.39. The Kier molecular flexibility index (Phi) is 4.20. The monoisotopic (exact) mass is 289 g/mol. The van der Waals surface area contributed by atoms with Gasteiger partial charge >= 0.3 is 0 Å². The van der Waals surface area contributed by atoms with Crippen LogP contribution in [0.3, 0.4) is 0 Å². The van der Waals surface area contributed by atoms with E-state index >= 15 is 0 Å². The fourth-order valence-electron chi connectivity index (χ4n) is 2.26. The first kappa shape index (κ1) is 13.9. The van der Waals surface area contributed by atoms with Gasteiger partial charge in [0.05, 0.1) is 6.04 Å². The van der Waals surface area contributed by atoms with Crippen LogP contribution in [0.2, 0.25) is 0 Å². The summed E-state index contributed by atoms with van der Waals surface area (Å²) in [5, 5.41) is 3.04. The number of rotatable bonds is 4. The number of carbonyl (C=O) groups is 1. The topological polar surface area (TPSA) is 54.9 Å². The zero-order valence-electron chi connectivity index (χ0n) is 11.9. The second kappa shape index (κ2) is 6.63. The molecule has 3 aromatic rings. The lowest BCUT2D eigenvalue weighted by Crippen LogP contribution is -2.29. The summed E-state index contributed by atoms with van der Waals surface area (Å²) in [6.45, 7) is 0. The Labute approximate surface area is 128 Å². The highest BCUT2D eigenvalue weighted by molar-refractivity contribution is 5.92. The summed E-state index contributed by atoms with van der Waals surface area (Å²) in [6.07, 6.45) is 5.05. The number of pyridine rings is 2. The SMILES string of the molecule is O=C(N[C@@H](c1ccccc1)c1ccncc1)c1ccccn1. The second-order valence-corrected chi connectivity index (χ2v) is 4.81. The average molecular weight is 289 g/mol. The molecule has 1 N–H and O–H groups in total. The molecule has 0 saturated carbocycles. The number of hydrogen-bond donors (Lipinski definition) is 1. The number of carbonyl (C=O) groups excluding carboxylic acids is 1. The Morgan fingerprint density at radius 3 is 2.18 bits per heavy atom. The van der Waals surface area contributed by atoms with Gasteiger partial charge < -0.3 is 5.32 Å². The van der Waals surface area contributed by atoms with Crippen LogP contribution in [0.5, 0.6) is 0 Å². The lowest BCUT2D eigenvalue weighted by Gasteiger charge is -2.19. The summed E-state index contributed by atoms with van der Waals surface area (Å²) in [4.78, 5) is 20.5. The highest BCUT2D eigenvalue weighted by atomic mass is 16.1. The molecule has 3 rings (SSSR count). The van der Waals surface area contributed by atoms with Crippen LogP contribution in [-0.4, -0.2) is 15.9 Å². The Bertz CT molecular complexity index is 691. The van der Waals surface area contributed by atoms with Gasteiger partial charge in [-0.05, 0) is 35.4 Å². The van der Waals surface area contributed by atoms with Crippen molar-refractivity contribution >= 4 is 5.91 Å². The first-order chi connectivity index (χ1) is 10.8. The Morgan fingerprint density at radius 1 is 0.818 bits per heavy atom. The maximum absolute atomic E-state index is 12.4. The van der Waals surface area contributed by atoms with Gasteiger partial charge in [0.1, 0.15) is 5.69 Å². The quantitative estimate of drug-likeness (QED) is 0.803. The molecule has 0 aliphatic rings.